The molecule has 29 heavy (non-hydrogen) atoms. The Labute approximate surface area is 172 Å². The van der Waals surface area contributed by atoms with Crippen LogP contribution in [0.2, 0.25) is 5.02 Å². The second-order valence-electron chi connectivity index (χ2n) is 6.31. The van der Waals surface area contributed by atoms with Gasteiger partial charge in [0.15, 0.2) is 0 Å². The van der Waals surface area contributed by atoms with Gasteiger partial charge in [0, 0.05) is 10.6 Å². The fourth-order valence-electron chi connectivity index (χ4n) is 3.00. The van der Waals surface area contributed by atoms with Crippen molar-refractivity contribution >= 4 is 34.5 Å². The molecule has 6 heteroatoms. The summed E-state index contributed by atoms with van der Waals surface area (Å²) in [6.07, 6.45) is 1.44. The third-order valence-corrected chi connectivity index (χ3v) is 4.64. The Bertz CT molecular complexity index is 1210. The normalized spacial score (nSPS) is 11.1. The highest BCUT2D eigenvalue weighted by atomic mass is 35.5. The first kappa shape index (κ1) is 18.8. The van der Waals surface area contributed by atoms with Crippen LogP contribution in [-0.2, 0) is 0 Å². The summed E-state index contributed by atoms with van der Waals surface area (Å²) >= 11 is 6.01. The van der Waals surface area contributed by atoms with Crippen molar-refractivity contribution in [2.24, 2.45) is 5.10 Å². The number of nitrogens with zero attached hydrogens (tertiary/aromatic N) is 1. The second-order valence-corrected chi connectivity index (χ2v) is 6.75. The fourth-order valence-corrected chi connectivity index (χ4v) is 3.19. The number of fused-ring (bicyclic) bond motifs is 1. The van der Waals surface area contributed by atoms with Crippen LogP contribution in [0, 0.1) is 0 Å². The van der Waals surface area contributed by atoms with E-state index in [1.54, 1.807) is 18.2 Å². The van der Waals surface area contributed by atoms with E-state index in [9.17, 15) is 4.79 Å². The molecule has 0 aliphatic heterocycles. The number of methoxy groups -OCH3 is 1. The van der Waals surface area contributed by atoms with Crippen molar-refractivity contribution in [2.75, 3.05) is 7.11 Å². The molecule has 0 bridgehead atoms. The topological polar surface area (TPSA) is 63.8 Å². The lowest BCUT2D eigenvalue weighted by molar-refractivity contribution is 0.0952. The SMILES string of the molecule is COc1cc2ccccc2cc1C(=O)N/N=C\c1ccc(-c2cccc(Cl)c2)o1. The average Bonchev–Trinajstić information content (AvgIpc) is 3.21. The molecule has 0 radical (unpaired) electrons. The molecule has 0 atom stereocenters. The molecule has 0 aliphatic carbocycles. The van der Waals surface area contributed by atoms with Crippen LogP contribution in [-0.4, -0.2) is 19.2 Å². The van der Waals surface area contributed by atoms with Crippen LogP contribution in [0.1, 0.15) is 16.1 Å². The molecule has 4 aromatic rings. The Hall–Kier alpha value is -3.57. The number of halogens is 1. The van der Waals surface area contributed by atoms with Crippen molar-refractivity contribution in [3.63, 3.8) is 0 Å². The zero-order chi connectivity index (χ0) is 20.2. The van der Waals surface area contributed by atoms with E-state index in [4.69, 9.17) is 20.8 Å². The minimum absolute atomic E-state index is 0.370. The van der Waals surface area contributed by atoms with Gasteiger partial charge in [0.2, 0.25) is 0 Å². The van der Waals surface area contributed by atoms with E-state index in [0.717, 1.165) is 16.3 Å². The molecule has 1 heterocycles. The smallest absolute Gasteiger partial charge is 0.275 e. The zero-order valence-corrected chi connectivity index (χ0v) is 16.3. The van der Waals surface area contributed by atoms with Gasteiger partial charge in [0.1, 0.15) is 17.3 Å². The molecular weight excluding hydrogens is 388 g/mol. The highest BCUT2D eigenvalue weighted by Gasteiger charge is 2.13. The third kappa shape index (κ3) is 4.15. The molecule has 0 saturated carbocycles. The van der Waals surface area contributed by atoms with Crippen molar-refractivity contribution < 1.29 is 13.9 Å². The predicted molar refractivity (Wildman–Crippen MR) is 115 cm³/mol. The predicted octanol–water partition coefficient (Wildman–Crippen LogP) is 5.53. The molecule has 4 rings (SSSR count). The van der Waals surface area contributed by atoms with Gasteiger partial charge in [-0.15, -0.1) is 0 Å². The number of hydrogen-bond donors (Lipinski definition) is 1. The van der Waals surface area contributed by atoms with Crippen LogP contribution in [0.5, 0.6) is 5.75 Å². The Kier molecular flexibility index (Phi) is 5.31. The minimum Gasteiger partial charge on any atom is -0.496 e. The molecule has 1 amide bonds. The number of hydrazone groups is 1. The standard InChI is InChI=1S/C23H17ClN2O3/c1-28-22-13-16-6-3-2-5-15(16)12-20(22)23(27)26-25-14-19-9-10-21(29-19)17-7-4-8-18(24)11-17/h2-14H,1H3,(H,26,27)/b25-14-. The van der Waals surface area contributed by atoms with Crippen LogP contribution < -0.4 is 10.2 Å². The summed E-state index contributed by atoms with van der Waals surface area (Å²) in [5.74, 6) is 1.28. The number of furan rings is 1. The van der Waals surface area contributed by atoms with E-state index < -0.39 is 0 Å². The number of ether oxygens (including phenoxy) is 1. The molecule has 144 valence electrons. The Balaban J connectivity index is 1.50. The van der Waals surface area contributed by atoms with Crippen LogP contribution >= 0.6 is 11.6 Å². The maximum atomic E-state index is 12.6. The maximum Gasteiger partial charge on any atom is 0.275 e. The maximum absolute atomic E-state index is 12.6. The first-order chi connectivity index (χ1) is 14.1. The van der Waals surface area contributed by atoms with Crippen LogP contribution in [0.4, 0.5) is 0 Å². The van der Waals surface area contributed by atoms with Crippen molar-refractivity contribution in [1.82, 2.24) is 5.43 Å². The number of nitrogens with one attached hydrogen (secondary N) is 1. The number of amides is 1. The molecule has 0 fully saturated rings. The van der Waals surface area contributed by atoms with Crippen LogP contribution in [0.3, 0.4) is 0 Å². The lowest BCUT2D eigenvalue weighted by atomic mass is 10.1. The summed E-state index contributed by atoms with van der Waals surface area (Å²) in [5, 5.41) is 6.57. The van der Waals surface area contributed by atoms with Crippen LogP contribution in [0.25, 0.3) is 22.1 Å². The van der Waals surface area contributed by atoms with Gasteiger partial charge in [0.05, 0.1) is 18.9 Å². The summed E-state index contributed by atoms with van der Waals surface area (Å²) in [6.45, 7) is 0. The van der Waals surface area contributed by atoms with Gasteiger partial charge in [-0.25, -0.2) is 5.43 Å². The van der Waals surface area contributed by atoms with Gasteiger partial charge < -0.3 is 9.15 Å². The van der Waals surface area contributed by atoms with E-state index in [1.165, 1.54) is 13.3 Å². The Morgan fingerprint density at radius 1 is 1.03 bits per heavy atom. The Morgan fingerprint density at radius 3 is 2.59 bits per heavy atom. The number of carbonyl (C=O) groups is 1. The fraction of sp³-hybridized carbons (Fsp3) is 0.0435. The molecule has 0 saturated heterocycles. The monoisotopic (exact) mass is 404 g/mol. The van der Waals surface area contributed by atoms with Gasteiger partial charge in [-0.05, 0) is 47.2 Å². The summed E-state index contributed by atoms with van der Waals surface area (Å²) in [7, 11) is 1.53. The highest BCUT2D eigenvalue weighted by Crippen LogP contribution is 2.26. The number of benzene rings is 3. The molecule has 3 aromatic carbocycles. The van der Waals surface area contributed by atoms with Crippen molar-refractivity contribution in [2.45, 2.75) is 0 Å². The van der Waals surface area contributed by atoms with Crippen LogP contribution in [0.15, 0.2) is 82.3 Å². The minimum atomic E-state index is -0.370. The van der Waals surface area contributed by atoms with Crippen molar-refractivity contribution in [1.29, 1.82) is 0 Å². The zero-order valence-electron chi connectivity index (χ0n) is 15.6. The highest BCUT2D eigenvalue weighted by molar-refractivity contribution is 6.30. The van der Waals surface area contributed by atoms with E-state index in [-0.39, 0.29) is 5.91 Å². The molecule has 1 N–H and O–H groups in total. The lowest BCUT2D eigenvalue weighted by Gasteiger charge is -2.09. The largest absolute Gasteiger partial charge is 0.496 e. The summed E-state index contributed by atoms with van der Waals surface area (Å²) in [6, 6.07) is 22.3. The summed E-state index contributed by atoms with van der Waals surface area (Å²) in [5.41, 5.74) is 3.78. The van der Waals surface area contributed by atoms with E-state index in [1.807, 2.05) is 54.6 Å². The summed E-state index contributed by atoms with van der Waals surface area (Å²) in [4.78, 5) is 12.6. The second kappa shape index (κ2) is 8.20. The van der Waals surface area contributed by atoms with Crippen molar-refractivity contribution in [3.05, 3.63) is 89.1 Å². The Morgan fingerprint density at radius 2 is 1.83 bits per heavy atom. The average molecular weight is 405 g/mol. The third-order valence-electron chi connectivity index (χ3n) is 4.41. The number of hydrogen-bond acceptors (Lipinski definition) is 4. The molecular formula is C23H17ClN2O3. The quantitative estimate of drug-likeness (QED) is 0.351. The van der Waals surface area contributed by atoms with E-state index in [2.05, 4.69) is 10.5 Å². The molecule has 5 nitrogen and oxygen atoms in total. The van der Waals surface area contributed by atoms with Gasteiger partial charge in [-0.1, -0.05) is 48.0 Å². The van der Waals surface area contributed by atoms with Gasteiger partial charge in [0.25, 0.3) is 5.91 Å². The lowest BCUT2D eigenvalue weighted by Crippen LogP contribution is -2.18. The van der Waals surface area contributed by atoms with E-state index >= 15 is 0 Å². The molecule has 0 unspecified atom stereocenters. The molecule has 1 aromatic heterocycles. The number of rotatable bonds is 5. The first-order valence-electron chi connectivity index (χ1n) is 8.90. The van der Waals surface area contributed by atoms with Gasteiger partial charge >= 0.3 is 0 Å². The molecule has 0 spiro atoms. The summed E-state index contributed by atoms with van der Waals surface area (Å²) < 4.78 is 11.1. The number of carbonyl (C=O) groups excluding carboxylic acids is 1. The van der Waals surface area contributed by atoms with E-state index in [0.29, 0.717) is 27.9 Å². The van der Waals surface area contributed by atoms with Gasteiger partial charge in [-0.3, -0.25) is 4.79 Å². The van der Waals surface area contributed by atoms with Gasteiger partial charge in [-0.2, -0.15) is 5.10 Å². The van der Waals surface area contributed by atoms with Crippen molar-refractivity contribution in [3.8, 4) is 17.1 Å². The first-order valence-corrected chi connectivity index (χ1v) is 9.28. The molecule has 0 aliphatic rings.